The summed E-state index contributed by atoms with van der Waals surface area (Å²) in [6.07, 6.45) is 0.430. The molecule has 0 radical (unpaired) electrons. The van der Waals surface area contributed by atoms with Crippen LogP contribution in [0.2, 0.25) is 0 Å². The van der Waals surface area contributed by atoms with Gasteiger partial charge in [-0.1, -0.05) is 36.9 Å². The normalized spacial score (nSPS) is 16.6. The molecule has 1 fully saturated rings. The maximum atomic E-state index is 13.2. The summed E-state index contributed by atoms with van der Waals surface area (Å²) in [7, 11) is 0. The van der Waals surface area contributed by atoms with Crippen molar-refractivity contribution < 1.29 is 28.6 Å². The third-order valence-electron chi connectivity index (χ3n) is 6.23. The molecule has 0 bridgehead atoms. The number of hydrogen-bond acceptors (Lipinski definition) is 7. The maximum Gasteiger partial charge on any atom is 0.410 e. The molecule has 0 aliphatic carbocycles. The standard InChI is InChI=1S/C32H52N4O6/c1-11-25-12-14-26(15-13-25)24-33-16-18-34(27(37)40-30(2,3)4)20-22-36(29(39)42-32(8,9)10)23-21-35(19-17-33)28(38)41-31(5,6)7/h11-15H,1,16-24H2,2-10H3. The van der Waals surface area contributed by atoms with Crippen LogP contribution in [-0.4, -0.2) is 107 Å². The molecule has 236 valence electrons. The molecule has 2 rings (SSSR count). The summed E-state index contributed by atoms with van der Waals surface area (Å²) in [5, 5.41) is 0. The number of ether oxygens (including phenoxy) is 3. The number of amides is 3. The Labute approximate surface area is 252 Å². The zero-order valence-electron chi connectivity index (χ0n) is 27.2. The van der Waals surface area contributed by atoms with Gasteiger partial charge in [-0.05, 0) is 73.4 Å². The number of hydrogen-bond donors (Lipinski definition) is 0. The van der Waals surface area contributed by atoms with Crippen molar-refractivity contribution in [1.29, 1.82) is 0 Å². The second-order valence-electron chi connectivity index (χ2n) is 13.6. The van der Waals surface area contributed by atoms with Crippen LogP contribution in [0.25, 0.3) is 6.08 Å². The zero-order chi connectivity index (χ0) is 31.7. The highest BCUT2D eigenvalue weighted by molar-refractivity contribution is 5.70. The van der Waals surface area contributed by atoms with E-state index < -0.39 is 35.1 Å². The first-order valence-electron chi connectivity index (χ1n) is 14.7. The van der Waals surface area contributed by atoms with E-state index in [2.05, 4.69) is 23.6 Å². The van der Waals surface area contributed by atoms with E-state index in [1.54, 1.807) is 41.5 Å². The Balaban J connectivity index is 2.37. The van der Waals surface area contributed by atoms with E-state index in [-0.39, 0.29) is 26.2 Å². The SMILES string of the molecule is C=Cc1ccc(CN2CCN(C(=O)OC(C)(C)C)CCN(C(=O)OC(C)(C)C)CCN(C(=O)OC(C)(C)C)CC2)cc1. The summed E-state index contributed by atoms with van der Waals surface area (Å²) < 4.78 is 17.1. The fourth-order valence-electron chi connectivity index (χ4n) is 4.16. The second kappa shape index (κ2) is 14.8. The highest BCUT2D eigenvalue weighted by atomic mass is 16.6. The molecule has 0 saturated carbocycles. The monoisotopic (exact) mass is 588 g/mol. The van der Waals surface area contributed by atoms with Gasteiger partial charge in [-0.2, -0.15) is 0 Å². The predicted molar refractivity (Wildman–Crippen MR) is 165 cm³/mol. The zero-order valence-corrected chi connectivity index (χ0v) is 27.2. The summed E-state index contributed by atoms with van der Waals surface area (Å²) >= 11 is 0. The highest BCUT2D eigenvalue weighted by Gasteiger charge is 2.29. The van der Waals surface area contributed by atoms with Crippen LogP contribution in [0.3, 0.4) is 0 Å². The lowest BCUT2D eigenvalue weighted by Gasteiger charge is -2.35. The average Bonchev–Trinajstić information content (AvgIpc) is 2.82. The first-order valence-corrected chi connectivity index (χ1v) is 14.7. The Bertz CT molecular complexity index is 1010. The summed E-state index contributed by atoms with van der Waals surface area (Å²) in [5.74, 6) is 0. The van der Waals surface area contributed by atoms with Gasteiger partial charge in [0.1, 0.15) is 16.8 Å². The van der Waals surface area contributed by atoms with Crippen LogP contribution in [0.1, 0.15) is 73.4 Å². The number of benzene rings is 1. The molecule has 10 heteroatoms. The van der Waals surface area contributed by atoms with Gasteiger partial charge in [-0.15, -0.1) is 0 Å². The Kier molecular flexibility index (Phi) is 12.3. The van der Waals surface area contributed by atoms with Crippen LogP contribution in [0, 0.1) is 0 Å². The molecule has 1 aromatic carbocycles. The number of nitrogens with zero attached hydrogens (tertiary/aromatic N) is 4. The van der Waals surface area contributed by atoms with Gasteiger partial charge in [0.25, 0.3) is 0 Å². The van der Waals surface area contributed by atoms with E-state index >= 15 is 0 Å². The van der Waals surface area contributed by atoms with Crippen molar-refractivity contribution in [3.63, 3.8) is 0 Å². The first-order chi connectivity index (χ1) is 19.3. The van der Waals surface area contributed by atoms with Gasteiger partial charge < -0.3 is 28.9 Å². The van der Waals surface area contributed by atoms with Crippen LogP contribution in [0.5, 0.6) is 0 Å². The fourth-order valence-corrected chi connectivity index (χ4v) is 4.16. The molecule has 0 N–H and O–H groups in total. The molecule has 0 unspecified atom stereocenters. The molecule has 42 heavy (non-hydrogen) atoms. The minimum absolute atomic E-state index is 0.222. The van der Waals surface area contributed by atoms with Crippen molar-refractivity contribution in [1.82, 2.24) is 19.6 Å². The first kappa shape index (κ1) is 34.9. The fraction of sp³-hybridized carbons (Fsp3) is 0.656. The Morgan fingerprint density at radius 2 is 0.929 bits per heavy atom. The van der Waals surface area contributed by atoms with Gasteiger partial charge in [0, 0.05) is 58.9 Å². The Hall–Kier alpha value is -3.27. The molecule has 0 aromatic heterocycles. The molecule has 0 spiro atoms. The molecule has 1 saturated heterocycles. The van der Waals surface area contributed by atoms with E-state index in [1.165, 1.54) is 0 Å². The van der Waals surface area contributed by atoms with E-state index in [0.29, 0.717) is 32.7 Å². The third kappa shape index (κ3) is 13.1. The lowest BCUT2D eigenvalue weighted by molar-refractivity contribution is 0.00450. The van der Waals surface area contributed by atoms with Crippen molar-refractivity contribution in [2.24, 2.45) is 0 Å². The van der Waals surface area contributed by atoms with E-state index in [4.69, 9.17) is 14.2 Å². The van der Waals surface area contributed by atoms with Crippen molar-refractivity contribution in [2.45, 2.75) is 85.7 Å². The van der Waals surface area contributed by atoms with Crippen LogP contribution in [0.4, 0.5) is 14.4 Å². The molecule has 1 heterocycles. The molecule has 1 aliphatic rings. The molecule has 1 aliphatic heterocycles. The Morgan fingerprint density at radius 1 is 0.619 bits per heavy atom. The van der Waals surface area contributed by atoms with Gasteiger partial charge in [-0.3, -0.25) is 4.90 Å². The van der Waals surface area contributed by atoms with Gasteiger partial charge in [0.15, 0.2) is 0 Å². The summed E-state index contributed by atoms with van der Waals surface area (Å²) in [5.41, 5.74) is 0.129. The van der Waals surface area contributed by atoms with Crippen molar-refractivity contribution in [3.05, 3.63) is 42.0 Å². The number of carbonyl (C=O) groups is 3. The van der Waals surface area contributed by atoms with Crippen molar-refractivity contribution in [3.8, 4) is 0 Å². The largest absolute Gasteiger partial charge is 0.444 e. The summed E-state index contributed by atoms with van der Waals surface area (Å²) in [6.45, 7) is 23.7. The molecule has 10 nitrogen and oxygen atoms in total. The van der Waals surface area contributed by atoms with Gasteiger partial charge in [-0.25, -0.2) is 14.4 Å². The van der Waals surface area contributed by atoms with Crippen molar-refractivity contribution >= 4 is 24.4 Å². The molecular weight excluding hydrogens is 536 g/mol. The molecule has 1 aromatic rings. The smallest absolute Gasteiger partial charge is 0.410 e. The van der Waals surface area contributed by atoms with Crippen LogP contribution >= 0.6 is 0 Å². The quantitative estimate of drug-likeness (QED) is 0.409. The summed E-state index contributed by atoms with van der Waals surface area (Å²) in [6, 6.07) is 8.15. The van der Waals surface area contributed by atoms with Gasteiger partial charge >= 0.3 is 18.3 Å². The minimum Gasteiger partial charge on any atom is -0.444 e. The Morgan fingerprint density at radius 3 is 1.21 bits per heavy atom. The van der Waals surface area contributed by atoms with E-state index in [1.807, 2.05) is 53.7 Å². The molecule has 0 atom stereocenters. The predicted octanol–water partition coefficient (Wildman–Crippen LogP) is 5.86. The number of rotatable bonds is 3. The lowest BCUT2D eigenvalue weighted by atomic mass is 10.1. The van der Waals surface area contributed by atoms with Crippen LogP contribution in [0.15, 0.2) is 30.8 Å². The van der Waals surface area contributed by atoms with Crippen molar-refractivity contribution in [2.75, 3.05) is 52.4 Å². The summed E-state index contributed by atoms with van der Waals surface area (Å²) in [4.78, 5) is 46.6. The maximum absolute atomic E-state index is 13.2. The molecule has 3 amide bonds. The number of carbonyl (C=O) groups excluding carboxylic acids is 3. The topological polar surface area (TPSA) is 91.9 Å². The van der Waals surface area contributed by atoms with E-state index in [9.17, 15) is 14.4 Å². The minimum atomic E-state index is -0.694. The highest BCUT2D eigenvalue weighted by Crippen LogP contribution is 2.16. The van der Waals surface area contributed by atoms with Gasteiger partial charge in [0.2, 0.25) is 0 Å². The van der Waals surface area contributed by atoms with E-state index in [0.717, 1.165) is 11.1 Å². The lowest BCUT2D eigenvalue weighted by Crippen LogP contribution is -2.51. The second-order valence-corrected chi connectivity index (χ2v) is 13.6. The van der Waals surface area contributed by atoms with Crippen LogP contribution in [-0.2, 0) is 20.8 Å². The average molecular weight is 589 g/mol. The molecular formula is C32H52N4O6. The van der Waals surface area contributed by atoms with Gasteiger partial charge in [0.05, 0.1) is 0 Å². The van der Waals surface area contributed by atoms with Crippen LogP contribution < -0.4 is 0 Å². The third-order valence-corrected chi connectivity index (χ3v) is 6.23.